The number of benzene rings is 2. The Hall–Kier alpha value is -1.54. The van der Waals surface area contributed by atoms with E-state index >= 15 is 0 Å². The molecule has 0 spiro atoms. The highest BCUT2D eigenvalue weighted by Gasteiger charge is 2.12. The van der Waals surface area contributed by atoms with Crippen molar-refractivity contribution < 1.29 is 9.13 Å². The third-order valence-electron chi connectivity index (χ3n) is 2.07. The molecule has 1 nitrogen and oxygen atoms in total. The second-order valence-corrected chi connectivity index (χ2v) is 3.61. The van der Waals surface area contributed by atoms with Crippen molar-refractivity contribution in [3.05, 3.63) is 65.2 Å². The van der Waals surface area contributed by atoms with E-state index in [4.69, 9.17) is 16.3 Å². The van der Waals surface area contributed by atoms with Crippen LogP contribution >= 0.6 is 11.6 Å². The highest BCUT2D eigenvalue weighted by atomic mass is 35.5. The average Bonchev–Trinajstić information content (AvgIpc) is 2.33. The highest BCUT2D eigenvalue weighted by Crippen LogP contribution is 2.28. The fraction of sp³-hybridized carbons (Fsp3) is 0.0769. The maximum atomic E-state index is 13.7. The second kappa shape index (κ2) is 4.99. The fourth-order valence-electron chi connectivity index (χ4n) is 1.28. The summed E-state index contributed by atoms with van der Waals surface area (Å²) in [7, 11) is 0. The fourth-order valence-corrected chi connectivity index (χ4v) is 1.45. The van der Waals surface area contributed by atoms with Crippen LogP contribution in [0.25, 0.3) is 0 Å². The van der Waals surface area contributed by atoms with E-state index < -0.39 is 6.36 Å². The van der Waals surface area contributed by atoms with Gasteiger partial charge in [-0.15, -0.1) is 0 Å². The van der Waals surface area contributed by atoms with E-state index in [-0.39, 0.29) is 0 Å². The molecule has 0 N–H and O–H groups in total. The molecule has 0 saturated carbocycles. The Morgan fingerprint density at radius 2 is 1.94 bits per heavy atom. The van der Waals surface area contributed by atoms with Crippen molar-refractivity contribution in [2.45, 2.75) is 6.36 Å². The molecule has 0 aromatic heterocycles. The van der Waals surface area contributed by atoms with Gasteiger partial charge < -0.3 is 4.74 Å². The quantitative estimate of drug-likeness (QED) is 0.775. The zero-order valence-electron chi connectivity index (χ0n) is 8.36. The summed E-state index contributed by atoms with van der Waals surface area (Å²) >= 11 is 5.83. The first-order valence-corrected chi connectivity index (χ1v) is 5.16. The Balaban J connectivity index is 2.14. The van der Waals surface area contributed by atoms with Crippen molar-refractivity contribution in [2.75, 3.05) is 0 Å². The third-order valence-corrected chi connectivity index (χ3v) is 2.36. The molecule has 0 aliphatic heterocycles. The number of ether oxygens (including phenoxy) is 1. The van der Waals surface area contributed by atoms with Gasteiger partial charge in [-0.25, -0.2) is 0 Å². The smallest absolute Gasteiger partial charge is 0.264 e. The minimum atomic E-state index is -1.51. The number of alkyl halides is 1. The molecule has 0 fully saturated rings. The topological polar surface area (TPSA) is 9.23 Å². The van der Waals surface area contributed by atoms with Crippen molar-refractivity contribution in [3.63, 3.8) is 0 Å². The Morgan fingerprint density at radius 3 is 2.62 bits per heavy atom. The summed E-state index contributed by atoms with van der Waals surface area (Å²) in [5.41, 5.74) is 0.464. The molecule has 2 rings (SSSR count). The van der Waals surface area contributed by atoms with Gasteiger partial charge in [0.05, 0.1) is 5.02 Å². The summed E-state index contributed by atoms with van der Waals surface area (Å²) in [5, 5.41) is 0.348. The summed E-state index contributed by atoms with van der Waals surface area (Å²) in [6.45, 7) is 0. The molecule has 1 unspecified atom stereocenters. The van der Waals surface area contributed by atoms with Crippen LogP contribution in [0.5, 0.6) is 5.75 Å². The van der Waals surface area contributed by atoms with Crippen LogP contribution in [0.1, 0.15) is 11.9 Å². The number of hydrogen-bond acceptors (Lipinski definition) is 1. The van der Waals surface area contributed by atoms with Crippen molar-refractivity contribution in [3.8, 4) is 5.75 Å². The van der Waals surface area contributed by atoms with Crippen molar-refractivity contribution in [2.24, 2.45) is 0 Å². The van der Waals surface area contributed by atoms with E-state index in [0.29, 0.717) is 16.3 Å². The predicted octanol–water partition coefficient (Wildman–Crippen LogP) is 4.19. The van der Waals surface area contributed by atoms with Crippen LogP contribution in [-0.2, 0) is 0 Å². The zero-order valence-corrected chi connectivity index (χ0v) is 9.12. The molecule has 1 radical (unpaired) electrons. The minimum Gasteiger partial charge on any atom is -0.455 e. The van der Waals surface area contributed by atoms with Crippen LogP contribution in [-0.4, -0.2) is 0 Å². The molecule has 1 atom stereocenters. The molecule has 2 aromatic carbocycles. The molecule has 81 valence electrons. The third kappa shape index (κ3) is 2.52. The molecule has 0 bridgehead atoms. The lowest BCUT2D eigenvalue weighted by atomic mass is 10.2. The number of hydrogen-bond donors (Lipinski definition) is 0. The number of rotatable bonds is 3. The Bertz CT molecular complexity index is 458. The van der Waals surface area contributed by atoms with Crippen LogP contribution in [0.4, 0.5) is 4.39 Å². The van der Waals surface area contributed by atoms with Gasteiger partial charge in [0.15, 0.2) is 0 Å². The molecule has 2 aromatic rings. The average molecular weight is 236 g/mol. The van der Waals surface area contributed by atoms with Gasteiger partial charge in [-0.2, -0.15) is 4.39 Å². The van der Waals surface area contributed by atoms with Gasteiger partial charge >= 0.3 is 0 Å². The minimum absolute atomic E-state index is 0.316. The lowest BCUT2D eigenvalue weighted by Crippen LogP contribution is -2.01. The molecular weight excluding hydrogens is 227 g/mol. The first kappa shape index (κ1) is 11.0. The normalized spacial score (nSPS) is 12.1. The van der Waals surface area contributed by atoms with E-state index in [1.807, 2.05) is 6.07 Å². The summed E-state index contributed by atoms with van der Waals surface area (Å²) < 4.78 is 18.8. The number of halogens is 2. The van der Waals surface area contributed by atoms with E-state index in [0.717, 1.165) is 0 Å². The maximum Gasteiger partial charge on any atom is 0.264 e. The van der Waals surface area contributed by atoms with Gasteiger partial charge in [0.25, 0.3) is 6.36 Å². The van der Waals surface area contributed by atoms with Gasteiger partial charge in [-0.1, -0.05) is 48.0 Å². The van der Waals surface area contributed by atoms with Gasteiger partial charge in [0.2, 0.25) is 0 Å². The van der Waals surface area contributed by atoms with Gasteiger partial charge in [0.1, 0.15) is 5.75 Å². The van der Waals surface area contributed by atoms with Crippen LogP contribution < -0.4 is 4.74 Å². The van der Waals surface area contributed by atoms with Gasteiger partial charge in [0, 0.05) is 5.56 Å². The second-order valence-electron chi connectivity index (χ2n) is 3.20. The van der Waals surface area contributed by atoms with Crippen molar-refractivity contribution >= 4 is 11.6 Å². The van der Waals surface area contributed by atoms with Crippen molar-refractivity contribution in [1.82, 2.24) is 0 Å². The summed E-state index contributed by atoms with van der Waals surface area (Å²) in [4.78, 5) is 0. The lowest BCUT2D eigenvalue weighted by molar-refractivity contribution is 0.0672. The highest BCUT2D eigenvalue weighted by molar-refractivity contribution is 6.32. The van der Waals surface area contributed by atoms with E-state index in [2.05, 4.69) is 6.07 Å². The lowest BCUT2D eigenvalue weighted by Gasteiger charge is -2.12. The van der Waals surface area contributed by atoms with E-state index in [9.17, 15) is 4.39 Å². The van der Waals surface area contributed by atoms with Crippen LogP contribution in [0.15, 0.2) is 48.5 Å². The predicted molar refractivity (Wildman–Crippen MR) is 61.2 cm³/mol. The Morgan fingerprint density at radius 1 is 1.19 bits per heavy atom. The van der Waals surface area contributed by atoms with Crippen LogP contribution in [0.3, 0.4) is 0 Å². The molecule has 0 amide bonds. The Labute approximate surface area is 98.4 Å². The largest absolute Gasteiger partial charge is 0.455 e. The standard InChI is InChI=1S/C13H9ClFO/c14-11-8-4-5-9-12(11)16-13(15)10-6-2-1-3-7-10/h1-3,5-9,13H. The van der Waals surface area contributed by atoms with Crippen LogP contribution in [0.2, 0.25) is 5.02 Å². The Kier molecular flexibility index (Phi) is 3.42. The molecule has 0 saturated heterocycles. The van der Waals surface area contributed by atoms with Gasteiger partial charge in [-0.05, 0) is 18.2 Å². The zero-order chi connectivity index (χ0) is 11.4. The molecular formula is C13H9ClFO. The van der Waals surface area contributed by atoms with Gasteiger partial charge in [-0.3, -0.25) is 0 Å². The first-order valence-electron chi connectivity index (χ1n) is 4.78. The summed E-state index contributed by atoms with van der Waals surface area (Å²) in [6.07, 6.45) is -1.51. The SMILES string of the molecule is FC(Oc1cc[c]cc1Cl)c1ccccc1. The van der Waals surface area contributed by atoms with Crippen molar-refractivity contribution in [1.29, 1.82) is 0 Å². The molecule has 0 aliphatic rings. The summed E-state index contributed by atoms with van der Waals surface area (Å²) in [6, 6.07) is 16.2. The van der Waals surface area contributed by atoms with E-state index in [1.165, 1.54) is 6.07 Å². The molecule has 0 heterocycles. The monoisotopic (exact) mass is 235 g/mol. The van der Waals surface area contributed by atoms with E-state index in [1.54, 1.807) is 36.4 Å². The summed E-state index contributed by atoms with van der Waals surface area (Å²) in [5.74, 6) is 0.316. The molecule has 3 heteroatoms. The first-order chi connectivity index (χ1) is 7.77. The molecule has 0 aliphatic carbocycles. The maximum absolute atomic E-state index is 13.7. The molecule has 16 heavy (non-hydrogen) atoms. The van der Waals surface area contributed by atoms with Crippen LogP contribution in [0, 0.1) is 6.07 Å².